The van der Waals surface area contributed by atoms with Crippen molar-refractivity contribution in [3.05, 3.63) is 33.9 Å². The Bertz CT molecular complexity index is 638. The van der Waals surface area contributed by atoms with E-state index in [-0.39, 0.29) is 11.3 Å². The van der Waals surface area contributed by atoms with Gasteiger partial charge in [0.25, 0.3) is 5.69 Å². The molecule has 0 bridgehead atoms. The number of carbonyl (C=O) groups excluding carboxylic acids is 1. The zero-order valence-electron chi connectivity index (χ0n) is 15.0. The van der Waals surface area contributed by atoms with Crippen molar-refractivity contribution in [3.8, 4) is 0 Å². The Balaban J connectivity index is 1.77. The number of hydrogen-bond acceptors (Lipinski definition) is 7. The molecule has 142 valence electrons. The number of carbonyl (C=O) groups is 1. The summed E-state index contributed by atoms with van der Waals surface area (Å²) in [6.45, 7) is 4.36. The lowest BCUT2D eigenvalue weighted by molar-refractivity contribution is -0.384. The maximum absolute atomic E-state index is 12.1. The molecule has 0 aliphatic carbocycles. The number of methoxy groups -OCH3 is 1. The van der Waals surface area contributed by atoms with E-state index in [4.69, 9.17) is 9.47 Å². The molecule has 8 heteroatoms. The predicted molar refractivity (Wildman–Crippen MR) is 96.4 cm³/mol. The van der Waals surface area contributed by atoms with Crippen molar-refractivity contribution in [1.29, 1.82) is 0 Å². The number of nitro groups is 1. The first-order valence-electron chi connectivity index (χ1n) is 9.02. The molecule has 0 unspecified atom stereocenters. The molecule has 8 nitrogen and oxygen atoms in total. The molecule has 1 N–H and O–H groups in total. The van der Waals surface area contributed by atoms with Crippen LogP contribution in [0.3, 0.4) is 0 Å². The Hall–Kier alpha value is -2.19. The van der Waals surface area contributed by atoms with Gasteiger partial charge in [-0.25, -0.2) is 4.79 Å². The lowest BCUT2D eigenvalue weighted by Crippen LogP contribution is -2.44. The van der Waals surface area contributed by atoms with Crippen molar-refractivity contribution in [2.24, 2.45) is 5.92 Å². The lowest BCUT2D eigenvalue weighted by atomic mass is 9.97. The first-order chi connectivity index (χ1) is 12.6. The lowest BCUT2D eigenvalue weighted by Gasteiger charge is -2.32. The van der Waals surface area contributed by atoms with Crippen LogP contribution < -0.4 is 5.32 Å². The summed E-state index contributed by atoms with van der Waals surface area (Å²) < 4.78 is 10.4. The largest absolute Gasteiger partial charge is 0.465 e. The van der Waals surface area contributed by atoms with Gasteiger partial charge >= 0.3 is 5.97 Å². The maximum atomic E-state index is 12.1. The Morgan fingerprint density at radius 2 is 2.23 bits per heavy atom. The van der Waals surface area contributed by atoms with Gasteiger partial charge in [-0.05, 0) is 38.4 Å². The van der Waals surface area contributed by atoms with Gasteiger partial charge in [-0.2, -0.15) is 0 Å². The van der Waals surface area contributed by atoms with Gasteiger partial charge in [0, 0.05) is 42.9 Å². The fraction of sp³-hybridized carbons (Fsp3) is 0.611. The van der Waals surface area contributed by atoms with Gasteiger partial charge in [0.1, 0.15) is 0 Å². The Labute approximate surface area is 152 Å². The first-order valence-corrected chi connectivity index (χ1v) is 9.02. The summed E-state index contributed by atoms with van der Waals surface area (Å²) in [5.41, 5.74) is 0.617. The molecule has 2 aliphatic heterocycles. The smallest absolute Gasteiger partial charge is 0.340 e. The molecule has 2 fully saturated rings. The van der Waals surface area contributed by atoms with E-state index < -0.39 is 10.9 Å². The summed E-state index contributed by atoms with van der Waals surface area (Å²) in [6.07, 6.45) is 3.44. The number of nitrogens with zero attached hydrogens (tertiary/aromatic N) is 2. The van der Waals surface area contributed by atoms with Crippen LogP contribution in [0.4, 0.5) is 11.4 Å². The van der Waals surface area contributed by atoms with Crippen LogP contribution in [-0.2, 0) is 9.47 Å². The minimum Gasteiger partial charge on any atom is -0.465 e. The van der Waals surface area contributed by atoms with E-state index in [9.17, 15) is 14.9 Å². The van der Waals surface area contributed by atoms with Crippen LogP contribution >= 0.6 is 0 Å². The van der Waals surface area contributed by atoms with E-state index in [1.807, 2.05) is 0 Å². The molecule has 3 rings (SSSR count). The zero-order chi connectivity index (χ0) is 18.5. The molecule has 0 radical (unpaired) electrons. The summed E-state index contributed by atoms with van der Waals surface area (Å²) in [5, 5.41) is 14.3. The fourth-order valence-corrected chi connectivity index (χ4v) is 3.82. The molecule has 0 aromatic heterocycles. The monoisotopic (exact) mass is 363 g/mol. The zero-order valence-corrected chi connectivity index (χ0v) is 15.0. The highest BCUT2D eigenvalue weighted by Gasteiger charge is 2.32. The van der Waals surface area contributed by atoms with Crippen molar-refractivity contribution >= 4 is 17.3 Å². The topological polar surface area (TPSA) is 93.9 Å². The highest BCUT2D eigenvalue weighted by atomic mass is 16.6. The second kappa shape index (κ2) is 8.46. The summed E-state index contributed by atoms with van der Waals surface area (Å²) >= 11 is 0. The van der Waals surface area contributed by atoms with Crippen LogP contribution in [0.5, 0.6) is 0 Å². The summed E-state index contributed by atoms with van der Waals surface area (Å²) in [7, 11) is 1.27. The van der Waals surface area contributed by atoms with Crippen molar-refractivity contribution < 1.29 is 19.2 Å². The molecule has 0 spiro atoms. The van der Waals surface area contributed by atoms with E-state index in [0.717, 1.165) is 32.7 Å². The van der Waals surface area contributed by atoms with E-state index in [0.29, 0.717) is 24.2 Å². The SMILES string of the molecule is COC(=O)c1cc([N+](=O)[O-])ccc1NC[C@@H]([C@@H]1CCOC1)N1CCCC1. The molecule has 2 heterocycles. The molecule has 26 heavy (non-hydrogen) atoms. The van der Waals surface area contributed by atoms with Gasteiger partial charge in [0.2, 0.25) is 0 Å². The van der Waals surface area contributed by atoms with Gasteiger partial charge in [-0.15, -0.1) is 0 Å². The molecule has 1 aromatic rings. The second-order valence-electron chi connectivity index (χ2n) is 6.79. The van der Waals surface area contributed by atoms with Gasteiger partial charge in [-0.1, -0.05) is 0 Å². The van der Waals surface area contributed by atoms with E-state index in [1.54, 1.807) is 6.07 Å². The molecule has 2 aliphatic rings. The number of anilines is 1. The number of hydrogen-bond donors (Lipinski definition) is 1. The van der Waals surface area contributed by atoms with Crippen LogP contribution in [0.1, 0.15) is 29.6 Å². The number of rotatable bonds is 7. The van der Waals surface area contributed by atoms with E-state index >= 15 is 0 Å². The third kappa shape index (κ3) is 4.13. The second-order valence-corrected chi connectivity index (χ2v) is 6.79. The van der Waals surface area contributed by atoms with Gasteiger partial charge in [0.05, 0.1) is 24.2 Å². The quantitative estimate of drug-likeness (QED) is 0.451. The highest BCUT2D eigenvalue weighted by Crippen LogP contribution is 2.27. The van der Waals surface area contributed by atoms with E-state index in [1.165, 1.54) is 32.1 Å². The summed E-state index contributed by atoms with van der Waals surface area (Å²) in [5.74, 6) is -0.127. The number of likely N-dealkylation sites (tertiary alicyclic amines) is 1. The van der Waals surface area contributed by atoms with Gasteiger partial charge in [0.15, 0.2) is 0 Å². The molecule has 2 saturated heterocycles. The average Bonchev–Trinajstić information content (AvgIpc) is 3.35. The summed E-state index contributed by atoms with van der Waals surface area (Å²) in [4.78, 5) is 25.0. The fourth-order valence-electron chi connectivity index (χ4n) is 3.82. The number of nitrogens with one attached hydrogen (secondary N) is 1. The van der Waals surface area contributed by atoms with Crippen LogP contribution in [0.15, 0.2) is 18.2 Å². The highest BCUT2D eigenvalue weighted by molar-refractivity contribution is 5.96. The molecular formula is C18H25N3O5. The van der Waals surface area contributed by atoms with Crippen molar-refractivity contribution in [1.82, 2.24) is 4.90 Å². The van der Waals surface area contributed by atoms with Crippen LogP contribution in [-0.4, -0.2) is 61.8 Å². The Morgan fingerprint density at radius 1 is 1.46 bits per heavy atom. The number of ether oxygens (including phenoxy) is 2. The van der Waals surface area contributed by atoms with Crippen LogP contribution in [0.2, 0.25) is 0 Å². The number of non-ortho nitro benzene ring substituents is 1. The maximum Gasteiger partial charge on any atom is 0.340 e. The predicted octanol–water partition coefficient (Wildman–Crippen LogP) is 2.29. The molecule has 0 saturated carbocycles. The average molecular weight is 363 g/mol. The van der Waals surface area contributed by atoms with Crippen LogP contribution in [0.25, 0.3) is 0 Å². The number of nitro benzene ring substituents is 1. The van der Waals surface area contributed by atoms with Crippen molar-refractivity contribution in [3.63, 3.8) is 0 Å². The minimum atomic E-state index is -0.585. The normalized spacial score (nSPS) is 21.5. The third-order valence-corrected chi connectivity index (χ3v) is 5.24. The van der Waals surface area contributed by atoms with Crippen molar-refractivity contribution in [2.45, 2.75) is 25.3 Å². The van der Waals surface area contributed by atoms with Gasteiger partial charge in [-0.3, -0.25) is 15.0 Å². The standard InChI is InChI=1S/C18H25N3O5/c1-25-18(22)15-10-14(21(23)24)4-5-16(15)19-11-17(13-6-9-26-12-13)20-7-2-3-8-20/h4-5,10,13,17,19H,2-3,6-9,11-12H2,1H3/t13-,17+/m1/s1. The van der Waals surface area contributed by atoms with E-state index in [2.05, 4.69) is 10.2 Å². The number of esters is 1. The Kier molecular flexibility index (Phi) is 6.05. The van der Waals surface area contributed by atoms with Crippen molar-refractivity contribution in [2.75, 3.05) is 45.3 Å². The number of benzene rings is 1. The third-order valence-electron chi connectivity index (χ3n) is 5.24. The van der Waals surface area contributed by atoms with Crippen LogP contribution in [0, 0.1) is 16.0 Å². The molecule has 1 aromatic carbocycles. The van der Waals surface area contributed by atoms with Gasteiger partial charge < -0.3 is 14.8 Å². The minimum absolute atomic E-state index is 0.128. The summed E-state index contributed by atoms with van der Waals surface area (Å²) in [6, 6.07) is 4.56. The molecule has 2 atom stereocenters. The Morgan fingerprint density at radius 3 is 2.85 bits per heavy atom. The molecule has 0 amide bonds. The molecular weight excluding hydrogens is 338 g/mol. The first kappa shape index (κ1) is 18.6.